The summed E-state index contributed by atoms with van der Waals surface area (Å²) < 4.78 is 0.887. The minimum Gasteiger partial charge on any atom is -0.389 e. The van der Waals surface area contributed by atoms with Crippen molar-refractivity contribution >= 4 is 27.5 Å². The van der Waals surface area contributed by atoms with E-state index in [4.69, 9.17) is 5.73 Å². The van der Waals surface area contributed by atoms with Gasteiger partial charge < -0.3 is 15.7 Å². The van der Waals surface area contributed by atoms with Gasteiger partial charge in [0, 0.05) is 22.7 Å². The molecule has 0 radical (unpaired) electrons. The first-order valence-corrected chi connectivity index (χ1v) is 7.73. The Bertz CT molecular complexity index is 505. The molecule has 2 rings (SSSR count). The molecular formula is C15H21BrN2O2. The highest BCUT2D eigenvalue weighted by atomic mass is 79.9. The molecule has 110 valence electrons. The zero-order valence-electron chi connectivity index (χ0n) is 11.8. The van der Waals surface area contributed by atoms with E-state index in [1.807, 2.05) is 18.2 Å². The van der Waals surface area contributed by atoms with Crippen LogP contribution < -0.4 is 10.6 Å². The molecule has 0 spiro atoms. The van der Waals surface area contributed by atoms with Gasteiger partial charge in [0.05, 0.1) is 12.0 Å². The fraction of sp³-hybridized carbons (Fsp3) is 0.533. The number of aliphatic hydroxyl groups excluding tert-OH is 1. The van der Waals surface area contributed by atoms with E-state index < -0.39 is 6.10 Å². The molecule has 2 unspecified atom stereocenters. The van der Waals surface area contributed by atoms with Gasteiger partial charge in [0.2, 0.25) is 5.91 Å². The van der Waals surface area contributed by atoms with E-state index in [2.05, 4.69) is 27.8 Å². The number of hydrogen-bond donors (Lipinski definition) is 2. The fourth-order valence-corrected chi connectivity index (χ4v) is 3.43. The van der Waals surface area contributed by atoms with Crippen LogP contribution in [-0.4, -0.2) is 23.6 Å². The van der Waals surface area contributed by atoms with Gasteiger partial charge >= 0.3 is 0 Å². The smallest absolute Gasteiger partial charge is 0.222 e. The van der Waals surface area contributed by atoms with Crippen molar-refractivity contribution in [3.8, 4) is 0 Å². The Balaban J connectivity index is 2.25. The quantitative estimate of drug-likeness (QED) is 0.888. The topological polar surface area (TPSA) is 66.6 Å². The number of amides is 1. The highest BCUT2D eigenvalue weighted by Crippen LogP contribution is 2.32. The molecule has 0 aliphatic carbocycles. The maximum atomic E-state index is 11.4. The molecule has 1 aliphatic heterocycles. The summed E-state index contributed by atoms with van der Waals surface area (Å²) in [6.07, 6.45) is 1.32. The fourth-order valence-electron chi connectivity index (χ4n) is 2.73. The molecule has 0 saturated carbocycles. The number of piperidine rings is 1. The average molecular weight is 341 g/mol. The summed E-state index contributed by atoms with van der Waals surface area (Å²) in [4.78, 5) is 13.6. The van der Waals surface area contributed by atoms with Crippen LogP contribution in [0.2, 0.25) is 0 Å². The lowest BCUT2D eigenvalue weighted by Crippen LogP contribution is -2.45. The molecule has 1 heterocycles. The molecule has 1 aromatic rings. The molecule has 1 aromatic carbocycles. The van der Waals surface area contributed by atoms with E-state index in [-0.39, 0.29) is 11.8 Å². The van der Waals surface area contributed by atoms with Crippen molar-refractivity contribution in [2.45, 2.75) is 38.8 Å². The van der Waals surface area contributed by atoms with Crippen LogP contribution in [0.3, 0.4) is 0 Å². The summed E-state index contributed by atoms with van der Waals surface area (Å²) in [6.45, 7) is 4.57. The lowest BCUT2D eigenvalue weighted by Gasteiger charge is -2.38. The van der Waals surface area contributed by atoms with Crippen LogP contribution in [-0.2, 0) is 4.79 Å². The molecule has 3 atom stereocenters. The van der Waals surface area contributed by atoms with Crippen LogP contribution in [0.4, 0.5) is 5.69 Å². The summed E-state index contributed by atoms with van der Waals surface area (Å²) in [6, 6.07) is 6.30. The number of anilines is 1. The Hall–Kier alpha value is -1.07. The van der Waals surface area contributed by atoms with Crippen molar-refractivity contribution in [1.29, 1.82) is 0 Å². The second-order valence-electron chi connectivity index (χ2n) is 5.56. The summed E-state index contributed by atoms with van der Waals surface area (Å²) in [7, 11) is 0. The summed E-state index contributed by atoms with van der Waals surface area (Å²) >= 11 is 3.50. The molecule has 1 fully saturated rings. The van der Waals surface area contributed by atoms with Crippen LogP contribution in [0.15, 0.2) is 22.7 Å². The summed E-state index contributed by atoms with van der Waals surface area (Å²) in [5, 5.41) is 9.67. The largest absolute Gasteiger partial charge is 0.389 e. The Morgan fingerprint density at radius 2 is 2.20 bits per heavy atom. The van der Waals surface area contributed by atoms with Crippen LogP contribution in [0, 0.1) is 5.92 Å². The third-order valence-electron chi connectivity index (χ3n) is 4.05. The molecule has 1 saturated heterocycles. The number of carbonyl (C=O) groups excluding carboxylic acids is 1. The van der Waals surface area contributed by atoms with Gasteiger partial charge in [0.1, 0.15) is 0 Å². The number of aliphatic hydroxyl groups is 1. The van der Waals surface area contributed by atoms with Gasteiger partial charge in [0.25, 0.3) is 0 Å². The number of carbonyl (C=O) groups is 1. The lowest BCUT2D eigenvalue weighted by atomic mass is 9.92. The van der Waals surface area contributed by atoms with Gasteiger partial charge in [-0.15, -0.1) is 0 Å². The van der Waals surface area contributed by atoms with Gasteiger partial charge in [-0.2, -0.15) is 0 Å². The Morgan fingerprint density at radius 1 is 1.50 bits per heavy atom. The Labute approximate surface area is 128 Å². The van der Waals surface area contributed by atoms with E-state index in [1.54, 1.807) is 6.92 Å². The minimum atomic E-state index is -0.504. The number of nitrogens with two attached hydrogens (primary N) is 1. The molecule has 0 aromatic heterocycles. The zero-order valence-corrected chi connectivity index (χ0v) is 13.4. The van der Waals surface area contributed by atoms with Crippen LogP contribution in [0.5, 0.6) is 0 Å². The number of nitrogens with zero attached hydrogens (tertiary/aromatic N) is 1. The van der Waals surface area contributed by atoms with Crippen LogP contribution >= 0.6 is 15.9 Å². The molecule has 0 bridgehead atoms. The third-order valence-corrected chi connectivity index (χ3v) is 4.74. The lowest BCUT2D eigenvalue weighted by molar-refractivity contribution is -0.122. The van der Waals surface area contributed by atoms with Crippen molar-refractivity contribution in [1.82, 2.24) is 0 Å². The molecule has 4 nitrogen and oxygen atoms in total. The maximum Gasteiger partial charge on any atom is 0.222 e. The van der Waals surface area contributed by atoms with Gasteiger partial charge in [-0.3, -0.25) is 4.79 Å². The van der Waals surface area contributed by atoms with Crippen LogP contribution in [0.25, 0.3) is 0 Å². The molecule has 5 heteroatoms. The normalized spacial score (nSPS) is 24.5. The molecule has 1 aliphatic rings. The molecular weight excluding hydrogens is 320 g/mol. The van der Waals surface area contributed by atoms with Crippen molar-refractivity contribution in [3.63, 3.8) is 0 Å². The maximum absolute atomic E-state index is 11.4. The first kappa shape index (κ1) is 15.3. The first-order valence-electron chi connectivity index (χ1n) is 6.93. The highest BCUT2D eigenvalue weighted by molar-refractivity contribution is 9.10. The minimum absolute atomic E-state index is 0.0820. The Morgan fingerprint density at radius 3 is 2.75 bits per heavy atom. The SMILES string of the molecule is CC1CCC(C(N)=O)CN1c1ccc([C@H](C)O)c(Br)c1. The van der Waals surface area contributed by atoms with Crippen molar-refractivity contribution < 1.29 is 9.90 Å². The predicted octanol–water partition coefficient (Wildman–Crippen LogP) is 2.59. The highest BCUT2D eigenvalue weighted by Gasteiger charge is 2.29. The number of primary amides is 1. The third kappa shape index (κ3) is 3.15. The van der Waals surface area contributed by atoms with Gasteiger partial charge in [-0.05, 0) is 44.4 Å². The van der Waals surface area contributed by atoms with Crippen molar-refractivity contribution in [2.24, 2.45) is 11.7 Å². The summed E-state index contributed by atoms with van der Waals surface area (Å²) in [5.41, 5.74) is 7.36. The molecule has 3 N–H and O–H groups in total. The number of rotatable bonds is 3. The number of halogens is 1. The molecule has 20 heavy (non-hydrogen) atoms. The standard InChI is InChI=1S/C15H21BrN2O2/c1-9-3-4-11(15(17)20)8-18(9)12-5-6-13(10(2)19)14(16)7-12/h5-7,9-11,19H,3-4,8H2,1-2H3,(H2,17,20)/t9?,10-,11?/m0/s1. The average Bonchev–Trinajstić information content (AvgIpc) is 2.38. The van der Waals surface area contributed by atoms with Crippen molar-refractivity contribution in [3.05, 3.63) is 28.2 Å². The van der Waals surface area contributed by atoms with Crippen molar-refractivity contribution in [2.75, 3.05) is 11.4 Å². The van der Waals surface area contributed by atoms with Gasteiger partial charge in [0.15, 0.2) is 0 Å². The second kappa shape index (κ2) is 6.14. The first-order chi connectivity index (χ1) is 9.40. The van der Waals surface area contributed by atoms with E-state index in [1.165, 1.54) is 0 Å². The van der Waals surface area contributed by atoms with Gasteiger partial charge in [-0.25, -0.2) is 0 Å². The second-order valence-corrected chi connectivity index (χ2v) is 6.41. The summed E-state index contributed by atoms with van der Waals surface area (Å²) in [5.74, 6) is -0.303. The van der Waals surface area contributed by atoms with Gasteiger partial charge in [-0.1, -0.05) is 22.0 Å². The number of hydrogen-bond acceptors (Lipinski definition) is 3. The zero-order chi connectivity index (χ0) is 14.9. The number of benzene rings is 1. The van der Waals surface area contributed by atoms with E-state index in [0.29, 0.717) is 12.6 Å². The predicted molar refractivity (Wildman–Crippen MR) is 83.5 cm³/mol. The Kier molecular flexibility index (Phi) is 4.70. The monoisotopic (exact) mass is 340 g/mol. The van der Waals surface area contributed by atoms with E-state index in [0.717, 1.165) is 28.6 Å². The van der Waals surface area contributed by atoms with E-state index in [9.17, 15) is 9.90 Å². The van der Waals surface area contributed by atoms with E-state index >= 15 is 0 Å². The molecule has 1 amide bonds. The van der Waals surface area contributed by atoms with Crippen LogP contribution in [0.1, 0.15) is 38.4 Å².